The highest BCUT2D eigenvalue weighted by atomic mass is 16.3. The van der Waals surface area contributed by atoms with E-state index in [-0.39, 0.29) is 25.1 Å². The van der Waals surface area contributed by atoms with Crippen LogP contribution in [0.25, 0.3) is 0 Å². The Bertz CT molecular complexity index is 314. The number of amides is 1. The largest absolute Gasteiger partial charge is 0.395 e. The van der Waals surface area contributed by atoms with Crippen molar-refractivity contribution in [3.8, 4) is 0 Å². The van der Waals surface area contributed by atoms with Crippen molar-refractivity contribution in [1.82, 2.24) is 10.6 Å². The zero-order chi connectivity index (χ0) is 11.8. The number of rotatable bonds is 6. The maximum absolute atomic E-state index is 11.4. The molecule has 4 heteroatoms. The third-order valence-electron chi connectivity index (χ3n) is 2.22. The van der Waals surface area contributed by atoms with Crippen molar-refractivity contribution < 1.29 is 9.90 Å². The molecule has 1 aromatic rings. The quantitative estimate of drug-likeness (QED) is 0.647. The fourth-order valence-corrected chi connectivity index (χ4v) is 1.19. The molecule has 0 spiro atoms. The van der Waals surface area contributed by atoms with E-state index < -0.39 is 0 Å². The topological polar surface area (TPSA) is 61.4 Å². The van der Waals surface area contributed by atoms with Crippen molar-refractivity contribution in [2.45, 2.75) is 19.5 Å². The first-order chi connectivity index (χ1) is 7.72. The molecule has 3 N–H and O–H groups in total. The molecule has 0 saturated heterocycles. The van der Waals surface area contributed by atoms with E-state index in [2.05, 4.69) is 10.6 Å². The van der Waals surface area contributed by atoms with Crippen LogP contribution in [-0.2, 0) is 11.3 Å². The average molecular weight is 222 g/mol. The minimum absolute atomic E-state index is 0.0337. The monoisotopic (exact) mass is 222 g/mol. The molecule has 1 aromatic carbocycles. The molecule has 0 heterocycles. The summed E-state index contributed by atoms with van der Waals surface area (Å²) >= 11 is 0. The van der Waals surface area contributed by atoms with Gasteiger partial charge in [-0.1, -0.05) is 30.3 Å². The van der Waals surface area contributed by atoms with Crippen molar-refractivity contribution in [3.63, 3.8) is 0 Å². The number of hydrogen-bond donors (Lipinski definition) is 3. The number of hydrogen-bond acceptors (Lipinski definition) is 3. The van der Waals surface area contributed by atoms with Gasteiger partial charge in [0, 0.05) is 12.6 Å². The van der Waals surface area contributed by atoms with Gasteiger partial charge in [0.05, 0.1) is 13.2 Å². The standard InChI is InChI=1S/C12H18N2O2/c1-10(9-15)13-8-12(16)14-7-11-5-3-2-4-6-11/h2-6,10,13,15H,7-9H2,1H3,(H,14,16). The molecule has 1 atom stereocenters. The molecule has 0 aliphatic carbocycles. The van der Waals surface area contributed by atoms with E-state index in [9.17, 15) is 4.79 Å². The maximum atomic E-state index is 11.4. The highest BCUT2D eigenvalue weighted by Crippen LogP contribution is 1.96. The van der Waals surface area contributed by atoms with Gasteiger partial charge in [-0.2, -0.15) is 0 Å². The van der Waals surface area contributed by atoms with Crippen LogP contribution in [0.15, 0.2) is 30.3 Å². The Hall–Kier alpha value is -1.39. The van der Waals surface area contributed by atoms with Gasteiger partial charge in [0.25, 0.3) is 0 Å². The zero-order valence-electron chi connectivity index (χ0n) is 9.44. The predicted octanol–water partition coefficient (Wildman–Crippen LogP) is 0.273. The molecule has 16 heavy (non-hydrogen) atoms. The summed E-state index contributed by atoms with van der Waals surface area (Å²) in [5.74, 6) is -0.0656. The first-order valence-electron chi connectivity index (χ1n) is 5.37. The van der Waals surface area contributed by atoms with E-state index in [0.717, 1.165) is 5.56 Å². The van der Waals surface area contributed by atoms with Gasteiger partial charge in [-0.25, -0.2) is 0 Å². The Balaban J connectivity index is 2.20. The maximum Gasteiger partial charge on any atom is 0.234 e. The molecule has 1 amide bonds. The first kappa shape index (κ1) is 12.7. The van der Waals surface area contributed by atoms with Crippen LogP contribution < -0.4 is 10.6 Å². The van der Waals surface area contributed by atoms with Gasteiger partial charge in [-0.3, -0.25) is 4.79 Å². The fourth-order valence-electron chi connectivity index (χ4n) is 1.19. The summed E-state index contributed by atoms with van der Waals surface area (Å²) in [6.45, 7) is 2.62. The number of carbonyl (C=O) groups is 1. The summed E-state index contributed by atoms with van der Waals surface area (Å²) in [6, 6.07) is 9.69. The lowest BCUT2D eigenvalue weighted by atomic mass is 10.2. The van der Waals surface area contributed by atoms with Crippen molar-refractivity contribution in [2.24, 2.45) is 0 Å². The summed E-state index contributed by atoms with van der Waals surface area (Å²) < 4.78 is 0. The molecule has 4 nitrogen and oxygen atoms in total. The molecule has 0 aliphatic rings. The van der Waals surface area contributed by atoms with Gasteiger partial charge in [-0.15, -0.1) is 0 Å². The van der Waals surface area contributed by atoms with E-state index >= 15 is 0 Å². The Labute approximate surface area is 95.7 Å². The van der Waals surface area contributed by atoms with Crippen molar-refractivity contribution in [2.75, 3.05) is 13.2 Å². The van der Waals surface area contributed by atoms with Gasteiger partial charge in [0.2, 0.25) is 5.91 Å². The van der Waals surface area contributed by atoms with Gasteiger partial charge in [0.15, 0.2) is 0 Å². The molecule has 0 saturated carbocycles. The second-order valence-corrected chi connectivity index (χ2v) is 3.73. The predicted molar refractivity (Wildman–Crippen MR) is 62.8 cm³/mol. The van der Waals surface area contributed by atoms with Crippen LogP contribution in [0, 0.1) is 0 Å². The van der Waals surface area contributed by atoms with E-state index in [4.69, 9.17) is 5.11 Å². The van der Waals surface area contributed by atoms with E-state index in [1.54, 1.807) is 0 Å². The number of aliphatic hydroxyl groups excluding tert-OH is 1. The number of nitrogens with one attached hydrogen (secondary N) is 2. The molecule has 0 radical (unpaired) electrons. The van der Waals surface area contributed by atoms with Crippen LogP contribution in [-0.4, -0.2) is 30.2 Å². The normalized spacial score (nSPS) is 12.1. The third kappa shape index (κ3) is 4.91. The summed E-state index contributed by atoms with van der Waals surface area (Å²) in [5, 5.41) is 14.5. The second-order valence-electron chi connectivity index (χ2n) is 3.73. The van der Waals surface area contributed by atoms with Crippen LogP contribution in [0.5, 0.6) is 0 Å². The SMILES string of the molecule is CC(CO)NCC(=O)NCc1ccccc1. The lowest BCUT2D eigenvalue weighted by molar-refractivity contribution is -0.120. The molecular weight excluding hydrogens is 204 g/mol. The van der Waals surface area contributed by atoms with Crippen LogP contribution in [0.3, 0.4) is 0 Å². The molecular formula is C12H18N2O2. The molecule has 88 valence electrons. The van der Waals surface area contributed by atoms with Crippen LogP contribution in [0.2, 0.25) is 0 Å². The molecule has 0 aromatic heterocycles. The van der Waals surface area contributed by atoms with Crippen molar-refractivity contribution >= 4 is 5.91 Å². The lowest BCUT2D eigenvalue weighted by Crippen LogP contribution is -2.39. The lowest BCUT2D eigenvalue weighted by Gasteiger charge is -2.10. The Morgan fingerprint density at radius 1 is 1.38 bits per heavy atom. The summed E-state index contributed by atoms with van der Waals surface area (Å²) in [5.41, 5.74) is 1.08. The van der Waals surface area contributed by atoms with Gasteiger partial charge >= 0.3 is 0 Å². The summed E-state index contributed by atoms with van der Waals surface area (Å²) in [4.78, 5) is 11.4. The Morgan fingerprint density at radius 2 is 2.06 bits per heavy atom. The average Bonchev–Trinajstić information content (AvgIpc) is 2.34. The highest BCUT2D eigenvalue weighted by Gasteiger charge is 2.03. The number of benzene rings is 1. The minimum Gasteiger partial charge on any atom is -0.395 e. The molecule has 0 fully saturated rings. The van der Waals surface area contributed by atoms with Crippen LogP contribution in [0.1, 0.15) is 12.5 Å². The van der Waals surface area contributed by atoms with Gasteiger partial charge in [0.1, 0.15) is 0 Å². The third-order valence-corrected chi connectivity index (χ3v) is 2.22. The van der Waals surface area contributed by atoms with Gasteiger partial charge in [-0.05, 0) is 12.5 Å². The Kier molecular flexibility index (Phi) is 5.53. The smallest absolute Gasteiger partial charge is 0.234 e. The summed E-state index contributed by atoms with van der Waals surface area (Å²) in [7, 11) is 0. The minimum atomic E-state index is -0.0656. The van der Waals surface area contributed by atoms with Crippen LogP contribution in [0.4, 0.5) is 0 Å². The van der Waals surface area contributed by atoms with Crippen molar-refractivity contribution in [1.29, 1.82) is 0 Å². The number of carbonyl (C=O) groups excluding carboxylic acids is 1. The van der Waals surface area contributed by atoms with Gasteiger partial charge < -0.3 is 15.7 Å². The number of aliphatic hydroxyl groups is 1. The van der Waals surface area contributed by atoms with E-state index in [0.29, 0.717) is 6.54 Å². The Morgan fingerprint density at radius 3 is 2.69 bits per heavy atom. The van der Waals surface area contributed by atoms with E-state index in [1.165, 1.54) is 0 Å². The van der Waals surface area contributed by atoms with Crippen molar-refractivity contribution in [3.05, 3.63) is 35.9 Å². The molecule has 1 unspecified atom stereocenters. The zero-order valence-corrected chi connectivity index (χ0v) is 9.44. The fraction of sp³-hybridized carbons (Fsp3) is 0.417. The van der Waals surface area contributed by atoms with E-state index in [1.807, 2.05) is 37.3 Å². The highest BCUT2D eigenvalue weighted by molar-refractivity contribution is 5.77. The summed E-state index contributed by atoms with van der Waals surface area (Å²) in [6.07, 6.45) is 0. The molecule has 1 rings (SSSR count). The van der Waals surface area contributed by atoms with Crippen LogP contribution >= 0.6 is 0 Å². The second kappa shape index (κ2) is 6.98. The molecule has 0 aliphatic heterocycles. The first-order valence-corrected chi connectivity index (χ1v) is 5.37. The molecule has 0 bridgehead atoms.